The number of nitrogens with one attached hydrogen (secondary N) is 1. The molecule has 1 aliphatic carbocycles. The van der Waals surface area contributed by atoms with Crippen LogP contribution in [0.5, 0.6) is 0 Å². The van der Waals surface area contributed by atoms with Crippen LogP contribution in [0.25, 0.3) is 0 Å². The third-order valence-corrected chi connectivity index (χ3v) is 5.26. The summed E-state index contributed by atoms with van der Waals surface area (Å²) in [6.07, 6.45) is 10.7. The molecule has 1 amide bonds. The molecule has 3 rings (SSSR count). The van der Waals surface area contributed by atoms with Gasteiger partial charge in [0.25, 0.3) is 0 Å². The van der Waals surface area contributed by atoms with Gasteiger partial charge in [0.05, 0.1) is 0 Å². The van der Waals surface area contributed by atoms with Crippen molar-refractivity contribution in [3.8, 4) is 0 Å². The monoisotopic (exact) mass is 359 g/mol. The number of hydrogen-bond donors (Lipinski definition) is 1. The summed E-state index contributed by atoms with van der Waals surface area (Å²) in [7, 11) is 0. The van der Waals surface area contributed by atoms with E-state index in [2.05, 4.69) is 16.4 Å². The van der Waals surface area contributed by atoms with Crippen molar-refractivity contribution < 1.29 is 9.53 Å². The van der Waals surface area contributed by atoms with Crippen LogP contribution in [0.15, 0.2) is 18.3 Å². The minimum absolute atomic E-state index is 0.177. The van der Waals surface area contributed by atoms with E-state index in [9.17, 15) is 4.79 Å². The molecule has 0 unspecified atom stereocenters. The summed E-state index contributed by atoms with van der Waals surface area (Å²) in [6.45, 7) is 6.79. The summed E-state index contributed by atoms with van der Waals surface area (Å²) in [5.74, 6) is 0.785. The predicted octanol–water partition coefficient (Wildman–Crippen LogP) is 4.97. The first-order valence-electron chi connectivity index (χ1n) is 10.2. The molecule has 2 aliphatic rings. The minimum Gasteiger partial charge on any atom is -0.443 e. The number of anilines is 1. The van der Waals surface area contributed by atoms with E-state index in [1.165, 1.54) is 19.3 Å². The van der Waals surface area contributed by atoms with Crippen LogP contribution in [0.3, 0.4) is 0 Å². The summed E-state index contributed by atoms with van der Waals surface area (Å²) in [5, 5.41) is 3.60. The minimum atomic E-state index is -0.512. The largest absolute Gasteiger partial charge is 0.443 e. The van der Waals surface area contributed by atoms with Crippen LogP contribution in [0.1, 0.15) is 83.7 Å². The van der Waals surface area contributed by atoms with Crippen LogP contribution in [0.2, 0.25) is 0 Å². The van der Waals surface area contributed by atoms with E-state index in [1.54, 1.807) is 6.20 Å². The Bertz CT molecular complexity index is 600. The number of carbonyl (C=O) groups excluding carboxylic acids is 1. The fourth-order valence-corrected chi connectivity index (χ4v) is 4.06. The Balaban J connectivity index is 1.94. The van der Waals surface area contributed by atoms with Gasteiger partial charge in [0, 0.05) is 23.8 Å². The van der Waals surface area contributed by atoms with Crippen molar-refractivity contribution in [3.63, 3.8) is 0 Å². The highest BCUT2D eigenvalue weighted by atomic mass is 16.6. The van der Waals surface area contributed by atoms with Gasteiger partial charge >= 0.3 is 6.09 Å². The Morgan fingerprint density at radius 1 is 1.15 bits per heavy atom. The lowest BCUT2D eigenvalue weighted by atomic mass is 9.93. The second-order valence-electron chi connectivity index (χ2n) is 8.56. The van der Waals surface area contributed by atoms with Gasteiger partial charge in [-0.15, -0.1) is 0 Å². The third-order valence-electron chi connectivity index (χ3n) is 5.26. The average Bonchev–Trinajstić information content (AvgIpc) is 2.62. The zero-order valence-electron chi connectivity index (χ0n) is 16.5. The SMILES string of the molecule is CC(C)(C)OC(=O)N(c1ncccc1[C@H]1CCCCN1)C1CCCCC1. The molecule has 2 heterocycles. The van der Waals surface area contributed by atoms with Crippen molar-refractivity contribution in [1.82, 2.24) is 10.3 Å². The van der Waals surface area contributed by atoms with Gasteiger partial charge in [-0.1, -0.05) is 31.7 Å². The molecule has 1 aromatic rings. The zero-order chi connectivity index (χ0) is 18.6. The van der Waals surface area contributed by atoms with E-state index in [-0.39, 0.29) is 18.2 Å². The van der Waals surface area contributed by atoms with E-state index in [0.29, 0.717) is 0 Å². The lowest BCUT2D eigenvalue weighted by molar-refractivity contribution is 0.0556. The molecule has 1 N–H and O–H groups in total. The van der Waals surface area contributed by atoms with E-state index in [0.717, 1.165) is 50.0 Å². The molecule has 1 atom stereocenters. The quantitative estimate of drug-likeness (QED) is 0.828. The maximum Gasteiger partial charge on any atom is 0.416 e. The van der Waals surface area contributed by atoms with Gasteiger partial charge in [-0.25, -0.2) is 9.78 Å². The van der Waals surface area contributed by atoms with Crippen molar-refractivity contribution in [2.45, 2.75) is 89.8 Å². The van der Waals surface area contributed by atoms with E-state index < -0.39 is 5.60 Å². The number of pyridine rings is 1. The molecule has 0 radical (unpaired) electrons. The number of carbonyl (C=O) groups is 1. The Morgan fingerprint density at radius 3 is 2.54 bits per heavy atom. The van der Waals surface area contributed by atoms with Crippen LogP contribution in [-0.2, 0) is 4.74 Å². The summed E-state index contributed by atoms with van der Waals surface area (Å²) in [4.78, 5) is 19.7. The fraction of sp³-hybridized carbons (Fsp3) is 0.714. The highest BCUT2D eigenvalue weighted by Crippen LogP contribution is 2.34. The second-order valence-corrected chi connectivity index (χ2v) is 8.56. The maximum atomic E-state index is 13.1. The number of nitrogens with zero attached hydrogens (tertiary/aromatic N) is 2. The molecule has 0 spiro atoms. The molecule has 2 fully saturated rings. The third kappa shape index (κ3) is 4.76. The number of hydrogen-bond acceptors (Lipinski definition) is 4. The van der Waals surface area contributed by atoms with Gasteiger partial charge in [-0.3, -0.25) is 4.90 Å². The molecule has 26 heavy (non-hydrogen) atoms. The first-order chi connectivity index (χ1) is 12.5. The fourth-order valence-electron chi connectivity index (χ4n) is 4.06. The summed E-state index contributed by atoms with van der Waals surface area (Å²) >= 11 is 0. The Labute approximate surface area is 157 Å². The number of amides is 1. The zero-order valence-corrected chi connectivity index (χ0v) is 16.5. The molecular weight excluding hydrogens is 326 g/mol. The van der Waals surface area contributed by atoms with Crippen molar-refractivity contribution >= 4 is 11.9 Å². The molecule has 5 nitrogen and oxygen atoms in total. The summed E-state index contributed by atoms with van der Waals surface area (Å²) in [5.41, 5.74) is 0.616. The number of piperidine rings is 1. The van der Waals surface area contributed by atoms with Gasteiger partial charge in [-0.2, -0.15) is 0 Å². The smallest absolute Gasteiger partial charge is 0.416 e. The van der Waals surface area contributed by atoms with Gasteiger partial charge in [0.2, 0.25) is 0 Å². The van der Waals surface area contributed by atoms with Crippen molar-refractivity contribution in [3.05, 3.63) is 23.9 Å². The summed E-state index contributed by atoms with van der Waals surface area (Å²) < 4.78 is 5.78. The molecule has 1 saturated carbocycles. The van der Waals surface area contributed by atoms with E-state index in [4.69, 9.17) is 4.74 Å². The topological polar surface area (TPSA) is 54.5 Å². The van der Waals surface area contributed by atoms with Crippen molar-refractivity contribution in [2.75, 3.05) is 11.4 Å². The maximum absolute atomic E-state index is 13.1. The number of rotatable bonds is 3. The predicted molar refractivity (Wildman–Crippen MR) is 104 cm³/mol. The lowest BCUT2D eigenvalue weighted by Gasteiger charge is -2.37. The van der Waals surface area contributed by atoms with Crippen molar-refractivity contribution in [1.29, 1.82) is 0 Å². The highest BCUT2D eigenvalue weighted by Gasteiger charge is 2.34. The summed E-state index contributed by atoms with van der Waals surface area (Å²) in [6, 6.07) is 4.53. The van der Waals surface area contributed by atoms with Gasteiger partial charge in [-0.05, 0) is 59.1 Å². The molecule has 0 bridgehead atoms. The van der Waals surface area contributed by atoms with Gasteiger partial charge < -0.3 is 10.1 Å². The van der Waals surface area contributed by atoms with Crippen LogP contribution in [-0.4, -0.2) is 29.3 Å². The van der Waals surface area contributed by atoms with E-state index >= 15 is 0 Å². The normalized spacial score (nSPS) is 22.0. The van der Waals surface area contributed by atoms with E-state index in [1.807, 2.05) is 31.7 Å². The van der Waals surface area contributed by atoms with Crippen LogP contribution >= 0.6 is 0 Å². The Morgan fingerprint density at radius 2 is 1.88 bits per heavy atom. The van der Waals surface area contributed by atoms with Crippen LogP contribution in [0.4, 0.5) is 10.6 Å². The molecule has 1 aliphatic heterocycles. The van der Waals surface area contributed by atoms with Crippen LogP contribution in [0, 0.1) is 0 Å². The standard InChI is InChI=1S/C21H33N3O2/c1-21(2,3)26-20(25)24(16-10-5-4-6-11-16)19-17(12-9-15-23-19)18-13-7-8-14-22-18/h9,12,15-16,18,22H,4-8,10-11,13-14H2,1-3H3/t18-/m1/s1. The Kier molecular flexibility index (Phi) is 6.17. The average molecular weight is 360 g/mol. The molecule has 1 saturated heterocycles. The number of aromatic nitrogens is 1. The molecule has 1 aromatic heterocycles. The lowest BCUT2D eigenvalue weighted by Crippen LogP contribution is -2.46. The highest BCUT2D eigenvalue weighted by molar-refractivity contribution is 5.88. The first kappa shape index (κ1) is 19.2. The van der Waals surface area contributed by atoms with Crippen LogP contribution < -0.4 is 10.2 Å². The molecule has 0 aromatic carbocycles. The Hall–Kier alpha value is -1.62. The van der Waals surface area contributed by atoms with Gasteiger partial charge in [0.15, 0.2) is 0 Å². The molecular formula is C21H33N3O2. The molecule has 5 heteroatoms. The van der Waals surface area contributed by atoms with Crippen molar-refractivity contribution in [2.24, 2.45) is 0 Å². The second kappa shape index (κ2) is 8.38. The number of ether oxygens (including phenoxy) is 1. The van der Waals surface area contributed by atoms with Gasteiger partial charge in [0.1, 0.15) is 11.4 Å². The molecule has 144 valence electrons. The first-order valence-corrected chi connectivity index (χ1v) is 10.2.